The summed E-state index contributed by atoms with van der Waals surface area (Å²) in [6, 6.07) is 23.6. The summed E-state index contributed by atoms with van der Waals surface area (Å²) in [5.41, 5.74) is 1.99. The number of hydrogen-bond donors (Lipinski definition) is 1. The summed E-state index contributed by atoms with van der Waals surface area (Å²) in [6.45, 7) is 1.87. The molecule has 3 aromatic carbocycles. The minimum atomic E-state index is -3.79. The third-order valence-corrected chi connectivity index (χ3v) is 8.45. The summed E-state index contributed by atoms with van der Waals surface area (Å²) in [7, 11) is -2.27. The molecular formula is C29H24N6O3S. The van der Waals surface area contributed by atoms with E-state index < -0.39 is 10.0 Å². The second-order valence-corrected chi connectivity index (χ2v) is 11.4. The van der Waals surface area contributed by atoms with Gasteiger partial charge in [-0.25, -0.2) is 18.1 Å². The van der Waals surface area contributed by atoms with Crippen LogP contribution in [-0.2, 0) is 16.6 Å². The van der Waals surface area contributed by atoms with Crippen LogP contribution in [0.1, 0.15) is 11.4 Å². The fourth-order valence-corrected chi connectivity index (χ4v) is 5.58. The van der Waals surface area contributed by atoms with Crippen molar-refractivity contribution >= 4 is 31.6 Å². The third kappa shape index (κ3) is 4.60. The van der Waals surface area contributed by atoms with Crippen LogP contribution in [0, 0.1) is 6.92 Å². The molecule has 0 fully saturated rings. The van der Waals surface area contributed by atoms with Crippen molar-refractivity contribution in [2.75, 3.05) is 7.05 Å². The van der Waals surface area contributed by atoms with E-state index in [9.17, 15) is 13.2 Å². The van der Waals surface area contributed by atoms with Crippen molar-refractivity contribution in [3.8, 4) is 17.2 Å². The van der Waals surface area contributed by atoms with E-state index >= 15 is 0 Å². The Morgan fingerprint density at radius 3 is 2.49 bits per heavy atom. The highest BCUT2D eigenvalue weighted by molar-refractivity contribution is 7.89. The van der Waals surface area contributed by atoms with Crippen LogP contribution in [0.25, 0.3) is 38.8 Å². The van der Waals surface area contributed by atoms with Gasteiger partial charge in [0.2, 0.25) is 15.8 Å². The molecule has 9 nitrogen and oxygen atoms in total. The topological polar surface area (TPSA) is 114 Å². The first-order chi connectivity index (χ1) is 18.8. The smallest absolute Gasteiger partial charge is 0.255 e. The summed E-state index contributed by atoms with van der Waals surface area (Å²) < 4.78 is 29.6. The molecule has 0 aliphatic rings. The van der Waals surface area contributed by atoms with Gasteiger partial charge in [0.1, 0.15) is 11.5 Å². The molecular weight excluding hydrogens is 512 g/mol. The Hall–Kier alpha value is -4.67. The molecule has 0 unspecified atom stereocenters. The Bertz CT molecular complexity index is 2010. The molecule has 3 aromatic heterocycles. The quantitative estimate of drug-likeness (QED) is 0.336. The Labute approximate surface area is 224 Å². The fraction of sp³-hybridized carbons (Fsp3) is 0.103. The van der Waals surface area contributed by atoms with Crippen molar-refractivity contribution in [3.63, 3.8) is 0 Å². The van der Waals surface area contributed by atoms with Gasteiger partial charge in [-0.3, -0.25) is 9.78 Å². The number of sulfonamides is 1. The number of aryl methyl sites for hydroxylation is 1. The number of nitrogens with one attached hydrogen (secondary N) is 1. The maximum atomic E-state index is 13.3. The van der Waals surface area contributed by atoms with Crippen molar-refractivity contribution in [1.29, 1.82) is 0 Å². The van der Waals surface area contributed by atoms with Crippen LogP contribution in [0.3, 0.4) is 0 Å². The predicted octanol–water partition coefficient (Wildman–Crippen LogP) is 4.45. The third-order valence-electron chi connectivity index (χ3n) is 6.63. The molecule has 0 amide bonds. The number of H-pyrrole nitrogens is 1. The molecule has 0 saturated carbocycles. The molecule has 0 spiro atoms. The van der Waals surface area contributed by atoms with Crippen LogP contribution < -0.4 is 5.56 Å². The molecule has 3 heterocycles. The summed E-state index contributed by atoms with van der Waals surface area (Å²) in [5, 5.41) is 7.99. The average molecular weight is 537 g/mol. The zero-order chi connectivity index (χ0) is 27.1. The van der Waals surface area contributed by atoms with Gasteiger partial charge in [-0.15, -0.1) is 5.10 Å². The van der Waals surface area contributed by atoms with Crippen LogP contribution in [0.5, 0.6) is 0 Å². The van der Waals surface area contributed by atoms with Gasteiger partial charge < -0.3 is 4.98 Å². The van der Waals surface area contributed by atoms with Crippen molar-refractivity contribution < 1.29 is 8.42 Å². The van der Waals surface area contributed by atoms with Crippen LogP contribution in [0.2, 0.25) is 0 Å². The van der Waals surface area contributed by atoms with Gasteiger partial charge >= 0.3 is 0 Å². The van der Waals surface area contributed by atoms with Crippen LogP contribution >= 0.6 is 0 Å². The van der Waals surface area contributed by atoms with E-state index in [1.807, 2.05) is 43.3 Å². The first kappa shape index (κ1) is 24.7. The second kappa shape index (κ2) is 9.57. The predicted molar refractivity (Wildman–Crippen MR) is 150 cm³/mol. The summed E-state index contributed by atoms with van der Waals surface area (Å²) in [4.78, 5) is 24.4. The summed E-state index contributed by atoms with van der Waals surface area (Å²) in [6.07, 6.45) is 3.35. The van der Waals surface area contributed by atoms with Crippen LogP contribution in [0.4, 0.5) is 0 Å². The van der Waals surface area contributed by atoms with E-state index in [1.165, 1.54) is 11.4 Å². The van der Waals surface area contributed by atoms with E-state index in [2.05, 4.69) is 9.97 Å². The van der Waals surface area contributed by atoms with E-state index in [-0.39, 0.29) is 17.0 Å². The Morgan fingerprint density at radius 1 is 0.923 bits per heavy atom. The molecule has 0 aliphatic heterocycles. The molecule has 0 atom stereocenters. The van der Waals surface area contributed by atoms with Gasteiger partial charge in [0, 0.05) is 30.2 Å². The number of benzene rings is 3. The zero-order valence-corrected chi connectivity index (χ0v) is 22.1. The van der Waals surface area contributed by atoms with E-state index in [0.29, 0.717) is 28.4 Å². The van der Waals surface area contributed by atoms with Crippen LogP contribution in [-0.4, -0.2) is 44.5 Å². The highest BCUT2D eigenvalue weighted by Gasteiger charge is 2.24. The molecule has 0 saturated heterocycles. The molecule has 194 valence electrons. The number of rotatable bonds is 6. The largest absolute Gasteiger partial charge is 0.329 e. The highest BCUT2D eigenvalue weighted by atomic mass is 32.2. The Morgan fingerprint density at radius 2 is 1.69 bits per heavy atom. The Balaban J connectivity index is 1.46. The van der Waals surface area contributed by atoms with Crippen molar-refractivity contribution in [2.45, 2.75) is 18.4 Å². The SMILES string of the molecule is Cc1ccc(S(=O)(=O)N(C)Cc2nc(-c3cc4ccccc4cn3)nn2-c2ccc3c(=O)[nH]ccc3c2)cc1. The molecule has 6 aromatic rings. The summed E-state index contributed by atoms with van der Waals surface area (Å²) in [5.74, 6) is 0.769. The van der Waals surface area contributed by atoms with Gasteiger partial charge in [-0.1, -0.05) is 42.0 Å². The van der Waals surface area contributed by atoms with Gasteiger partial charge in [0.25, 0.3) is 5.56 Å². The number of aromatic nitrogens is 5. The maximum Gasteiger partial charge on any atom is 0.255 e. The van der Waals surface area contributed by atoms with Crippen LogP contribution in [0.15, 0.2) is 101 Å². The molecule has 0 radical (unpaired) electrons. The number of nitrogens with zero attached hydrogens (tertiary/aromatic N) is 5. The van der Waals surface area contributed by atoms with Gasteiger partial charge in [-0.05, 0) is 60.2 Å². The molecule has 1 N–H and O–H groups in total. The monoisotopic (exact) mass is 536 g/mol. The van der Waals surface area contributed by atoms with Gasteiger partial charge in [-0.2, -0.15) is 4.31 Å². The number of fused-ring (bicyclic) bond motifs is 2. The average Bonchev–Trinajstić information content (AvgIpc) is 3.36. The molecule has 0 bridgehead atoms. The number of hydrogen-bond acceptors (Lipinski definition) is 6. The Kier molecular flexibility index (Phi) is 6.05. The van der Waals surface area contributed by atoms with Crippen molar-refractivity contribution in [1.82, 2.24) is 29.0 Å². The van der Waals surface area contributed by atoms with Crippen molar-refractivity contribution in [3.05, 3.63) is 113 Å². The van der Waals surface area contributed by atoms with Crippen molar-refractivity contribution in [2.24, 2.45) is 0 Å². The lowest BCUT2D eigenvalue weighted by molar-refractivity contribution is 0.452. The maximum absolute atomic E-state index is 13.3. The van der Waals surface area contributed by atoms with E-state index in [4.69, 9.17) is 10.1 Å². The van der Waals surface area contributed by atoms with E-state index in [1.54, 1.807) is 59.5 Å². The minimum absolute atomic E-state index is 0.0375. The first-order valence-electron chi connectivity index (χ1n) is 12.3. The standard InChI is InChI=1S/C29H24N6O3S/c1-19-7-10-24(11-8-19)39(37,38)34(2)18-27-32-28(26-16-20-5-3-4-6-22(20)17-31-26)33-35(27)23-9-12-25-21(15-23)13-14-30-29(25)36/h3-17H,18H2,1-2H3,(H,30,36). The number of aromatic amines is 1. The van der Waals surface area contributed by atoms with Gasteiger partial charge in [0.15, 0.2) is 0 Å². The summed E-state index contributed by atoms with van der Waals surface area (Å²) >= 11 is 0. The second-order valence-electron chi connectivity index (χ2n) is 9.33. The molecule has 39 heavy (non-hydrogen) atoms. The normalized spacial score (nSPS) is 12.0. The lowest BCUT2D eigenvalue weighted by Crippen LogP contribution is -2.28. The lowest BCUT2D eigenvalue weighted by atomic mass is 10.1. The van der Waals surface area contributed by atoms with Gasteiger partial charge in [0.05, 0.1) is 17.1 Å². The first-order valence-corrected chi connectivity index (χ1v) is 13.7. The highest BCUT2D eigenvalue weighted by Crippen LogP contribution is 2.24. The minimum Gasteiger partial charge on any atom is -0.329 e. The zero-order valence-electron chi connectivity index (χ0n) is 21.2. The lowest BCUT2D eigenvalue weighted by Gasteiger charge is -2.17. The molecule has 6 rings (SSSR count). The number of pyridine rings is 2. The fourth-order valence-electron chi connectivity index (χ4n) is 4.45. The molecule has 10 heteroatoms. The van der Waals surface area contributed by atoms with E-state index in [0.717, 1.165) is 21.7 Å². The molecule has 0 aliphatic carbocycles.